The Bertz CT molecular complexity index is 823. The minimum absolute atomic E-state index is 0.569. The summed E-state index contributed by atoms with van der Waals surface area (Å²) < 4.78 is 1.75. The van der Waals surface area contributed by atoms with Crippen LogP contribution in [0, 0.1) is 0 Å². The first kappa shape index (κ1) is 12.8. The Hall–Kier alpha value is -2.89. The molecule has 22 heavy (non-hydrogen) atoms. The van der Waals surface area contributed by atoms with Gasteiger partial charge in [0.15, 0.2) is 0 Å². The summed E-state index contributed by atoms with van der Waals surface area (Å²) >= 11 is 0. The Morgan fingerprint density at radius 1 is 1.18 bits per heavy atom. The van der Waals surface area contributed by atoms with Gasteiger partial charge in [0, 0.05) is 37.1 Å². The summed E-state index contributed by atoms with van der Waals surface area (Å²) in [4.78, 5) is 8.88. The van der Waals surface area contributed by atoms with E-state index in [1.54, 1.807) is 17.1 Å². The van der Waals surface area contributed by atoms with Crippen molar-refractivity contribution >= 4 is 17.5 Å². The topological polar surface area (TPSA) is 67.7 Å². The third-order valence-electron chi connectivity index (χ3n) is 3.83. The van der Waals surface area contributed by atoms with Crippen molar-refractivity contribution in [3.8, 4) is 11.3 Å². The van der Waals surface area contributed by atoms with Crippen LogP contribution in [0.4, 0.5) is 17.5 Å². The zero-order valence-electron chi connectivity index (χ0n) is 12.2. The van der Waals surface area contributed by atoms with Crippen LogP contribution in [0.15, 0.2) is 42.7 Å². The number of nitrogens with one attached hydrogen (secondary N) is 2. The van der Waals surface area contributed by atoms with Crippen molar-refractivity contribution in [2.45, 2.75) is 6.42 Å². The molecule has 0 atom stereocenters. The minimum Gasteiger partial charge on any atom is -0.384 e. The number of nitrogens with zero attached hydrogens (tertiary/aromatic N) is 4. The fourth-order valence-electron chi connectivity index (χ4n) is 2.65. The molecule has 110 valence electrons. The van der Waals surface area contributed by atoms with E-state index in [4.69, 9.17) is 0 Å². The molecule has 6 nitrogen and oxygen atoms in total. The second-order valence-electron chi connectivity index (χ2n) is 5.28. The highest BCUT2D eigenvalue weighted by Crippen LogP contribution is 2.28. The molecule has 3 aromatic rings. The third kappa shape index (κ3) is 2.28. The summed E-state index contributed by atoms with van der Waals surface area (Å²) in [5.41, 5.74) is 4.59. The van der Waals surface area contributed by atoms with E-state index in [9.17, 15) is 0 Å². The molecular formula is C16H16N6. The smallest absolute Gasteiger partial charge is 0.228 e. The number of rotatable bonds is 3. The molecule has 0 saturated heterocycles. The zero-order chi connectivity index (χ0) is 14.9. The first-order valence-electron chi connectivity index (χ1n) is 7.25. The van der Waals surface area contributed by atoms with Gasteiger partial charge in [-0.25, -0.2) is 9.97 Å². The summed E-state index contributed by atoms with van der Waals surface area (Å²) in [7, 11) is 1.87. The van der Waals surface area contributed by atoms with Gasteiger partial charge in [-0.05, 0) is 30.2 Å². The highest BCUT2D eigenvalue weighted by atomic mass is 15.3. The lowest BCUT2D eigenvalue weighted by molar-refractivity contribution is 0.775. The predicted octanol–water partition coefficient (Wildman–Crippen LogP) is 2.59. The van der Waals surface area contributed by atoms with Gasteiger partial charge in [0.2, 0.25) is 5.95 Å². The van der Waals surface area contributed by atoms with Crippen LogP contribution in [-0.2, 0) is 13.5 Å². The van der Waals surface area contributed by atoms with Gasteiger partial charge in [-0.15, -0.1) is 0 Å². The normalized spacial score (nSPS) is 12.8. The van der Waals surface area contributed by atoms with Gasteiger partial charge in [0.1, 0.15) is 5.82 Å². The van der Waals surface area contributed by atoms with Crippen LogP contribution in [0.5, 0.6) is 0 Å². The van der Waals surface area contributed by atoms with Gasteiger partial charge in [-0.1, -0.05) is 6.07 Å². The van der Waals surface area contributed by atoms with E-state index in [1.165, 1.54) is 11.3 Å². The summed E-state index contributed by atoms with van der Waals surface area (Å²) in [6.45, 7) is 1.01. The molecule has 0 aliphatic carbocycles. The number of aromatic nitrogens is 4. The van der Waals surface area contributed by atoms with Crippen LogP contribution in [0.3, 0.4) is 0 Å². The fraction of sp³-hybridized carbons (Fsp3) is 0.188. The average molecular weight is 292 g/mol. The van der Waals surface area contributed by atoms with Crippen molar-refractivity contribution in [1.29, 1.82) is 0 Å². The molecule has 0 spiro atoms. The molecule has 3 heterocycles. The van der Waals surface area contributed by atoms with Crippen LogP contribution in [0.25, 0.3) is 11.3 Å². The van der Waals surface area contributed by atoms with Gasteiger partial charge in [-0.2, -0.15) is 5.10 Å². The number of aryl methyl sites for hydroxylation is 1. The lowest BCUT2D eigenvalue weighted by Crippen LogP contribution is -2.02. The Morgan fingerprint density at radius 2 is 2.14 bits per heavy atom. The van der Waals surface area contributed by atoms with E-state index in [-0.39, 0.29) is 0 Å². The van der Waals surface area contributed by atoms with Gasteiger partial charge in [0.05, 0.1) is 11.9 Å². The van der Waals surface area contributed by atoms with Gasteiger partial charge in [-0.3, -0.25) is 4.68 Å². The summed E-state index contributed by atoms with van der Waals surface area (Å²) in [5, 5.41) is 10.7. The van der Waals surface area contributed by atoms with E-state index in [1.807, 2.05) is 19.2 Å². The van der Waals surface area contributed by atoms with Crippen molar-refractivity contribution in [3.05, 3.63) is 48.3 Å². The lowest BCUT2D eigenvalue weighted by Gasteiger charge is -2.08. The highest BCUT2D eigenvalue weighted by Gasteiger charge is 2.11. The molecule has 0 bridgehead atoms. The Labute approximate surface area is 128 Å². The molecule has 2 N–H and O–H groups in total. The quantitative estimate of drug-likeness (QED) is 0.776. The van der Waals surface area contributed by atoms with E-state index >= 15 is 0 Å². The van der Waals surface area contributed by atoms with E-state index in [0.717, 1.165) is 30.0 Å². The molecule has 0 unspecified atom stereocenters. The largest absolute Gasteiger partial charge is 0.384 e. The van der Waals surface area contributed by atoms with Crippen molar-refractivity contribution in [2.75, 3.05) is 17.2 Å². The molecule has 1 aliphatic heterocycles. The maximum absolute atomic E-state index is 4.60. The molecule has 0 amide bonds. The second kappa shape index (κ2) is 5.14. The first-order chi connectivity index (χ1) is 10.8. The number of hydrogen-bond donors (Lipinski definition) is 2. The monoisotopic (exact) mass is 292 g/mol. The molecule has 1 aromatic carbocycles. The molecular weight excluding hydrogens is 276 g/mol. The summed E-state index contributed by atoms with van der Waals surface area (Å²) in [6.07, 6.45) is 4.57. The van der Waals surface area contributed by atoms with E-state index in [0.29, 0.717) is 5.95 Å². The maximum atomic E-state index is 4.60. The number of fused-ring (bicyclic) bond motifs is 1. The van der Waals surface area contributed by atoms with Crippen LogP contribution in [0.2, 0.25) is 0 Å². The van der Waals surface area contributed by atoms with Gasteiger partial charge < -0.3 is 10.6 Å². The zero-order valence-corrected chi connectivity index (χ0v) is 12.2. The molecule has 6 heteroatoms. The van der Waals surface area contributed by atoms with Crippen LogP contribution in [0.1, 0.15) is 5.56 Å². The number of benzene rings is 1. The third-order valence-corrected chi connectivity index (χ3v) is 3.83. The average Bonchev–Trinajstić information content (AvgIpc) is 3.16. The number of hydrogen-bond acceptors (Lipinski definition) is 5. The standard InChI is InChI=1S/C16H16N6/c1-22-15(6-9-19-22)21-16-18-8-5-14(20-16)11-2-3-13-12(10-11)4-7-17-13/h2-3,5-6,8-10,17H,4,7H2,1H3,(H,18,20,21). The fourth-order valence-corrected chi connectivity index (χ4v) is 2.65. The molecule has 0 fully saturated rings. The van der Waals surface area contributed by atoms with Crippen LogP contribution >= 0.6 is 0 Å². The predicted molar refractivity (Wildman–Crippen MR) is 86.2 cm³/mol. The Kier molecular flexibility index (Phi) is 3.00. The highest BCUT2D eigenvalue weighted by molar-refractivity contribution is 5.68. The van der Waals surface area contributed by atoms with Gasteiger partial charge >= 0.3 is 0 Å². The van der Waals surface area contributed by atoms with Crippen molar-refractivity contribution in [1.82, 2.24) is 19.7 Å². The Balaban J connectivity index is 1.65. The summed E-state index contributed by atoms with van der Waals surface area (Å²) in [6, 6.07) is 10.2. The molecule has 1 aliphatic rings. The second-order valence-corrected chi connectivity index (χ2v) is 5.28. The molecule has 2 aromatic heterocycles. The molecule has 0 saturated carbocycles. The van der Waals surface area contributed by atoms with E-state index in [2.05, 4.69) is 43.9 Å². The van der Waals surface area contributed by atoms with Crippen LogP contribution in [-0.4, -0.2) is 26.3 Å². The molecule has 4 rings (SSSR count). The SMILES string of the molecule is Cn1nccc1Nc1nccc(-c2ccc3c(c2)CCN3)n1. The molecule has 0 radical (unpaired) electrons. The van der Waals surface area contributed by atoms with E-state index < -0.39 is 0 Å². The van der Waals surface area contributed by atoms with Crippen molar-refractivity contribution in [2.24, 2.45) is 7.05 Å². The van der Waals surface area contributed by atoms with Crippen molar-refractivity contribution in [3.63, 3.8) is 0 Å². The van der Waals surface area contributed by atoms with Gasteiger partial charge in [0.25, 0.3) is 0 Å². The maximum Gasteiger partial charge on any atom is 0.228 e. The van der Waals surface area contributed by atoms with Crippen LogP contribution < -0.4 is 10.6 Å². The minimum atomic E-state index is 0.569. The van der Waals surface area contributed by atoms with Crippen molar-refractivity contribution < 1.29 is 0 Å². The Morgan fingerprint density at radius 3 is 3.00 bits per heavy atom. The summed E-state index contributed by atoms with van der Waals surface area (Å²) in [5.74, 6) is 1.43. The lowest BCUT2D eigenvalue weighted by atomic mass is 10.1. The first-order valence-corrected chi connectivity index (χ1v) is 7.25. The number of anilines is 3.